The maximum absolute atomic E-state index is 12.8. The number of pyridine rings is 1. The van der Waals surface area contributed by atoms with Gasteiger partial charge in [-0.05, 0) is 73.1 Å². The minimum atomic E-state index is -0.325. The number of ketones is 1. The molecular formula is C24H26N4O. The predicted molar refractivity (Wildman–Crippen MR) is 113 cm³/mol. The number of nitrogens with one attached hydrogen (secondary N) is 1. The molecule has 5 rings (SSSR count). The van der Waals surface area contributed by atoms with Crippen LogP contribution in [0.1, 0.15) is 50.8 Å². The van der Waals surface area contributed by atoms with E-state index in [1.807, 2.05) is 29.2 Å². The normalized spacial score (nSPS) is 26.9. The first-order chi connectivity index (χ1) is 14.1. The Kier molecular flexibility index (Phi) is 4.55. The van der Waals surface area contributed by atoms with E-state index in [2.05, 4.69) is 52.7 Å². The third kappa shape index (κ3) is 3.40. The van der Waals surface area contributed by atoms with E-state index in [-0.39, 0.29) is 11.6 Å². The largest absolute Gasteiger partial charge is 0.298 e. The van der Waals surface area contributed by atoms with E-state index >= 15 is 0 Å². The molecule has 3 unspecified atom stereocenters. The molecule has 3 atom stereocenters. The summed E-state index contributed by atoms with van der Waals surface area (Å²) in [5.74, 6) is 0.902. The zero-order valence-corrected chi connectivity index (χ0v) is 16.7. The molecule has 1 aliphatic carbocycles. The van der Waals surface area contributed by atoms with E-state index < -0.39 is 0 Å². The van der Waals surface area contributed by atoms with Gasteiger partial charge in [0, 0.05) is 25.0 Å². The van der Waals surface area contributed by atoms with Crippen LogP contribution in [0.15, 0.2) is 61.1 Å². The molecule has 1 saturated heterocycles. The molecule has 0 amide bonds. The highest BCUT2D eigenvalue weighted by Gasteiger charge is 2.47. The molecule has 29 heavy (non-hydrogen) atoms. The van der Waals surface area contributed by atoms with E-state index in [4.69, 9.17) is 0 Å². The number of aromatic nitrogens is 3. The average Bonchev–Trinajstić information content (AvgIpc) is 3.43. The first-order valence-corrected chi connectivity index (χ1v) is 10.5. The van der Waals surface area contributed by atoms with Crippen molar-refractivity contribution >= 4 is 5.78 Å². The van der Waals surface area contributed by atoms with Crippen molar-refractivity contribution in [1.29, 1.82) is 0 Å². The van der Waals surface area contributed by atoms with Crippen molar-refractivity contribution in [3.8, 4) is 16.8 Å². The summed E-state index contributed by atoms with van der Waals surface area (Å²) in [6.45, 7) is 2.18. The summed E-state index contributed by atoms with van der Waals surface area (Å²) in [6.07, 6.45) is 10.3. The molecule has 5 nitrogen and oxygen atoms in total. The fourth-order valence-electron chi connectivity index (χ4n) is 4.82. The van der Waals surface area contributed by atoms with Gasteiger partial charge in [-0.1, -0.05) is 19.1 Å². The van der Waals surface area contributed by atoms with Crippen molar-refractivity contribution < 1.29 is 4.79 Å². The highest BCUT2D eigenvalue weighted by atomic mass is 16.1. The lowest BCUT2D eigenvalue weighted by atomic mass is 9.75. The highest BCUT2D eigenvalue weighted by Crippen LogP contribution is 2.41. The highest BCUT2D eigenvalue weighted by molar-refractivity contribution is 5.89. The number of hydrogen-bond donors (Lipinski definition) is 1. The van der Waals surface area contributed by atoms with Gasteiger partial charge in [-0.15, -0.1) is 0 Å². The van der Waals surface area contributed by atoms with Crippen molar-refractivity contribution in [2.75, 3.05) is 0 Å². The number of rotatable bonds is 3. The van der Waals surface area contributed by atoms with Crippen LogP contribution in [0, 0.1) is 5.92 Å². The van der Waals surface area contributed by atoms with Gasteiger partial charge in [0.05, 0.1) is 23.0 Å². The van der Waals surface area contributed by atoms with E-state index in [0.717, 1.165) is 48.2 Å². The molecule has 5 heteroatoms. The van der Waals surface area contributed by atoms with Crippen molar-refractivity contribution in [2.45, 2.75) is 50.6 Å². The van der Waals surface area contributed by atoms with Gasteiger partial charge in [-0.25, -0.2) is 4.68 Å². The van der Waals surface area contributed by atoms with Gasteiger partial charge >= 0.3 is 0 Å². The summed E-state index contributed by atoms with van der Waals surface area (Å²) in [5, 5.41) is 8.00. The van der Waals surface area contributed by atoms with Crippen LogP contribution >= 0.6 is 0 Å². The zero-order valence-electron chi connectivity index (χ0n) is 16.7. The first kappa shape index (κ1) is 18.3. The van der Waals surface area contributed by atoms with Gasteiger partial charge in [0.1, 0.15) is 0 Å². The van der Waals surface area contributed by atoms with Gasteiger partial charge in [-0.2, -0.15) is 5.10 Å². The molecule has 0 bridgehead atoms. The molecule has 2 aromatic heterocycles. The molecule has 1 N–H and O–H groups in total. The van der Waals surface area contributed by atoms with Crippen molar-refractivity contribution in [3.63, 3.8) is 0 Å². The van der Waals surface area contributed by atoms with E-state index in [1.54, 1.807) is 6.20 Å². The fraction of sp³-hybridized carbons (Fsp3) is 0.375. The first-order valence-electron chi connectivity index (χ1n) is 10.5. The summed E-state index contributed by atoms with van der Waals surface area (Å²) in [6, 6.07) is 14.6. The molecule has 3 heterocycles. The average molecular weight is 386 g/mol. The van der Waals surface area contributed by atoms with Gasteiger partial charge in [-0.3, -0.25) is 15.1 Å². The maximum Gasteiger partial charge on any atom is 0.153 e. The molecule has 0 radical (unpaired) electrons. The van der Waals surface area contributed by atoms with Crippen LogP contribution in [0.25, 0.3) is 16.8 Å². The Balaban J connectivity index is 1.40. The standard InChI is InChI=1S/C24H26N4O/c1-17-6-9-24(23(29)14-17)10-7-21(27-24)22-16-19(8-12-25-22)18-4-2-5-20(15-18)28-13-3-11-26-28/h2-5,8,11-13,15-17,21,27H,6-7,9-10,14H2,1H3. The molecule has 3 aromatic rings. The third-order valence-corrected chi connectivity index (χ3v) is 6.53. The molecular weight excluding hydrogens is 360 g/mol. The van der Waals surface area contributed by atoms with Crippen LogP contribution < -0.4 is 5.32 Å². The monoisotopic (exact) mass is 386 g/mol. The van der Waals surface area contributed by atoms with Gasteiger partial charge in [0.2, 0.25) is 0 Å². The van der Waals surface area contributed by atoms with Crippen LogP contribution in [0.4, 0.5) is 0 Å². The molecule has 1 saturated carbocycles. The molecule has 1 aliphatic heterocycles. The molecule has 2 aliphatic rings. The smallest absolute Gasteiger partial charge is 0.153 e. The van der Waals surface area contributed by atoms with Crippen molar-refractivity contribution in [2.24, 2.45) is 5.92 Å². The third-order valence-electron chi connectivity index (χ3n) is 6.53. The van der Waals surface area contributed by atoms with Crippen molar-refractivity contribution in [1.82, 2.24) is 20.1 Å². The van der Waals surface area contributed by atoms with Crippen LogP contribution in [0.5, 0.6) is 0 Å². The zero-order chi connectivity index (χ0) is 19.8. The summed E-state index contributed by atoms with van der Waals surface area (Å²) >= 11 is 0. The van der Waals surface area contributed by atoms with Gasteiger partial charge in [0.15, 0.2) is 5.78 Å². The van der Waals surface area contributed by atoms with Crippen molar-refractivity contribution in [3.05, 3.63) is 66.7 Å². The second-order valence-electron chi connectivity index (χ2n) is 8.56. The lowest BCUT2D eigenvalue weighted by Crippen LogP contribution is -2.51. The molecule has 2 fully saturated rings. The van der Waals surface area contributed by atoms with E-state index in [0.29, 0.717) is 18.1 Å². The van der Waals surface area contributed by atoms with E-state index in [9.17, 15) is 4.79 Å². The Bertz CT molecular complexity index is 1030. The molecule has 1 spiro atoms. The van der Waals surface area contributed by atoms with Crippen LogP contribution in [0.2, 0.25) is 0 Å². The van der Waals surface area contributed by atoms with Gasteiger partial charge in [0.25, 0.3) is 0 Å². The van der Waals surface area contributed by atoms with Gasteiger partial charge < -0.3 is 0 Å². The lowest BCUT2D eigenvalue weighted by molar-refractivity contribution is -0.128. The Labute approximate surface area is 171 Å². The molecule has 1 aromatic carbocycles. The Morgan fingerprint density at radius 3 is 2.76 bits per heavy atom. The summed E-state index contributed by atoms with van der Waals surface area (Å²) in [7, 11) is 0. The fourth-order valence-corrected chi connectivity index (χ4v) is 4.82. The summed E-state index contributed by atoms with van der Waals surface area (Å²) in [4.78, 5) is 17.4. The lowest BCUT2D eigenvalue weighted by Gasteiger charge is -2.35. The van der Waals surface area contributed by atoms with E-state index in [1.165, 1.54) is 0 Å². The summed E-state index contributed by atoms with van der Waals surface area (Å²) in [5.41, 5.74) is 4.00. The minimum Gasteiger partial charge on any atom is -0.298 e. The maximum atomic E-state index is 12.8. The van der Waals surface area contributed by atoms with Crippen LogP contribution in [-0.4, -0.2) is 26.1 Å². The van der Waals surface area contributed by atoms with Crippen LogP contribution in [0.3, 0.4) is 0 Å². The number of Topliss-reactive ketones (excluding diaryl/α,β-unsaturated/α-hetero) is 1. The Morgan fingerprint density at radius 1 is 1.07 bits per heavy atom. The summed E-state index contributed by atoms with van der Waals surface area (Å²) < 4.78 is 1.86. The quantitative estimate of drug-likeness (QED) is 0.721. The number of nitrogens with zero attached hydrogens (tertiary/aromatic N) is 3. The molecule has 148 valence electrons. The number of carbonyl (C=O) groups is 1. The second kappa shape index (κ2) is 7.23. The number of carbonyl (C=O) groups excluding carboxylic acids is 1. The second-order valence-corrected chi connectivity index (χ2v) is 8.56. The topological polar surface area (TPSA) is 59.8 Å². The SMILES string of the molecule is CC1CCC2(CCC(c3cc(-c4cccc(-n5cccn5)c4)ccn3)N2)C(=O)C1. The Morgan fingerprint density at radius 2 is 1.93 bits per heavy atom. The predicted octanol–water partition coefficient (Wildman–Crippen LogP) is 4.49. The Hall–Kier alpha value is -2.79. The minimum absolute atomic E-state index is 0.140. The number of benzene rings is 1. The van der Waals surface area contributed by atoms with Crippen LogP contribution in [-0.2, 0) is 4.79 Å². The number of hydrogen-bond acceptors (Lipinski definition) is 4.